The summed E-state index contributed by atoms with van der Waals surface area (Å²) in [6, 6.07) is 13.8. The van der Waals surface area contributed by atoms with Crippen molar-refractivity contribution in [1.82, 2.24) is 14.7 Å². The van der Waals surface area contributed by atoms with Gasteiger partial charge in [0.1, 0.15) is 11.4 Å². The minimum Gasteiger partial charge on any atom is -0.484 e. The first-order valence-electron chi connectivity index (χ1n) is 8.14. The molecule has 1 heterocycles. The number of benzene rings is 2. The Morgan fingerprint density at radius 3 is 2.72 bits per heavy atom. The number of likely N-dealkylation sites (N-methyl/N-ethyl adjacent to an activating group) is 1. The Labute approximate surface area is 151 Å². The second-order valence-corrected chi connectivity index (χ2v) is 6.23. The van der Waals surface area contributed by atoms with Gasteiger partial charge >= 0.3 is 0 Å². The summed E-state index contributed by atoms with van der Waals surface area (Å²) < 4.78 is 7.39. The molecule has 3 aromatic rings. The predicted molar refractivity (Wildman–Crippen MR) is 98.8 cm³/mol. The highest BCUT2D eigenvalue weighted by atomic mass is 35.5. The molecule has 25 heavy (non-hydrogen) atoms. The minimum absolute atomic E-state index is 0.0268. The van der Waals surface area contributed by atoms with Crippen molar-refractivity contribution in [3.05, 3.63) is 59.4 Å². The molecule has 0 aliphatic carbocycles. The number of fused-ring (bicyclic) bond motifs is 1. The first-order valence-corrected chi connectivity index (χ1v) is 8.52. The highest BCUT2D eigenvalue weighted by Gasteiger charge is 2.14. The van der Waals surface area contributed by atoms with E-state index in [1.54, 1.807) is 22.8 Å². The Bertz CT molecular complexity index is 891. The van der Waals surface area contributed by atoms with E-state index in [0.29, 0.717) is 23.0 Å². The molecule has 1 amide bonds. The van der Waals surface area contributed by atoms with Crippen molar-refractivity contribution < 1.29 is 9.53 Å². The monoisotopic (exact) mass is 357 g/mol. The van der Waals surface area contributed by atoms with E-state index in [0.717, 1.165) is 17.3 Å². The summed E-state index contributed by atoms with van der Waals surface area (Å²) >= 11 is 6.15. The van der Waals surface area contributed by atoms with Crippen LogP contribution in [0.5, 0.6) is 5.75 Å². The average Bonchev–Trinajstić information content (AvgIpc) is 2.99. The average molecular weight is 358 g/mol. The molecule has 130 valence electrons. The fraction of sp³-hybridized carbons (Fsp3) is 0.263. The van der Waals surface area contributed by atoms with Gasteiger partial charge < -0.3 is 9.64 Å². The molecule has 0 aliphatic rings. The number of carbonyl (C=O) groups is 1. The molecule has 0 saturated heterocycles. The van der Waals surface area contributed by atoms with Gasteiger partial charge in [0.25, 0.3) is 5.91 Å². The van der Waals surface area contributed by atoms with Crippen molar-refractivity contribution in [2.24, 2.45) is 0 Å². The molecule has 0 bridgehead atoms. The third-order valence-electron chi connectivity index (χ3n) is 4.01. The molecule has 5 nitrogen and oxygen atoms in total. The maximum absolute atomic E-state index is 12.3. The molecular formula is C19H20ClN3O2. The van der Waals surface area contributed by atoms with Gasteiger partial charge in [0, 0.05) is 19.8 Å². The summed E-state index contributed by atoms with van der Waals surface area (Å²) in [5.41, 5.74) is 0.685. The molecule has 0 saturated carbocycles. The summed E-state index contributed by atoms with van der Waals surface area (Å²) in [5, 5.41) is 7.14. The molecular weight excluding hydrogens is 338 g/mol. The molecule has 0 spiro atoms. The third kappa shape index (κ3) is 4.12. The molecule has 0 fully saturated rings. The largest absolute Gasteiger partial charge is 0.484 e. The van der Waals surface area contributed by atoms with Crippen LogP contribution in [-0.4, -0.2) is 34.2 Å². The topological polar surface area (TPSA) is 47.4 Å². The molecule has 2 aromatic carbocycles. The maximum Gasteiger partial charge on any atom is 0.260 e. The van der Waals surface area contributed by atoms with E-state index in [9.17, 15) is 4.79 Å². The van der Waals surface area contributed by atoms with E-state index < -0.39 is 0 Å². The van der Waals surface area contributed by atoms with Crippen LogP contribution in [0.25, 0.3) is 10.8 Å². The van der Waals surface area contributed by atoms with Gasteiger partial charge in [-0.25, -0.2) is 0 Å². The Balaban J connectivity index is 1.59. The second-order valence-electron chi connectivity index (χ2n) is 5.83. The fourth-order valence-electron chi connectivity index (χ4n) is 2.53. The number of nitrogens with zero attached hydrogens (tertiary/aromatic N) is 3. The second kappa shape index (κ2) is 7.57. The lowest BCUT2D eigenvalue weighted by Gasteiger charge is -2.16. The molecule has 0 atom stereocenters. The summed E-state index contributed by atoms with van der Waals surface area (Å²) in [5.74, 6) is 0.545. The van der Waals surface area contributed by atoms with Crippen molar-refractivity contribution in [2.45, 2.75) is 20.0 Å². The number of ether oxygens (including phenoxy) is 1. The van der Waals surface area contributed by atoms with E-state index in [2.05, 4.69) is 5.10 Å². The Morgan fingerprint density at radius 2 is 2.00 bits per heavy atom. The van der Waals surface area contributed by atoms with Crippen LogP contribution in [0.15, 0.2) is 48.7 Å². The number of rotatable bonds is 6. The smallest absolute Gasteiger partial charge is 0.260 e. The van der Waals surface area contributed by atoms with Crippen LogP contribution >= 0.6 is 11.6 Å². The van der Waals surface area contributed by atoms with Crippen LogP contribution in [0.3, 0.4) is 0 Å². The van der Waals surface area contributed by atoms with Crippen LogP contribution in [0.1, 0.15) is 12.6 Å². The number of hydrogen-bond acceptors (Lipinski definition) is 3. The summed E-state index contributed by atoms with van der Waals surface area (Å²) in [6.07, 6.45) is 1.76. The van der Waals surface area contributed by atoms with Crippen molar-refractivity contribution >= 4 is 28.3 Å². The highest BCUT2D eigenvalue weighted by molar-refractivity contribution is 6.31. The Kier molecular flexibility index (Phi) is 5.24. The third-order valence-corrected chi connectivity index (χ3v) is 4.32. The predicted octanol–water partition coefficient (Wildman–Crippen LogP) is 3.75. The van der Waals surface area contributed by atoms with Crippen molar-refractivity contribution in [3.63, 3.8) is 0 Å². The van der Waals surface area contributed by atoms with Crippen molar-refractivity contribution in [2.75, 3.05) is 13.7 Å². The zero-order chi connectivity index (χ0) is 17.8. The van der Waals surface area contributed by atoms with E-state index in [1.807, 2.05) is 49.4 Å². The molecule has 1 aromatic heterocycles. The number of amides is 1. The van der Waals surface area contributed by atoms with Gasteiger partial charge in [-0.1, -0.05) is 41.9 Å². The summed E-state index contributed by atoms with van der Waals surface area (Å²) in [7, 11) is 1.72. The number of aromatic nitrogens is 2. The van der Waals surface area contributed by atoms with Crippen LogP contribution in [-0.2, 0) is 17.9 Å². The van der Waals surface area contributed by atoms with Crippen LogP contribution in [0.2, 0.25) is 5.02 Å². The van der Waals surface area contributed by atoms with Crippen LogP contribution in [0.4, 0.5) is 0 Å². The maximum atomic E-state index is 12.3. The highest BCUT2D eigenvalue weighted by Crippen LogP contribution is 2.21. The molecule has 3 rings (SSSR count). The van der Waals surface area contributed by atoms with Gasteiger partial charge in [-0.05, 0) is 29.8 Å². The van der Waals surface area contributed by atoms with Crippen molar-refractivity contribution in [1.29, 1.82) is 0 Å². The van der Waals surface area contributed by atoms with Gasteiger partial charge in [0.05, 0.1) is 11.6 Å². The number of carbonyl (C=O) groups excluding carboxylic acids is 1. The quantitative estimate of drug-likeness (QED) is 0.675. The zero-order valence-corrected chi connectivity index (χ0v) is 15.0. The lowest BCUT2D eigenvalue weighted by Crippen LogP contribution is -2.31. The summed E-state index contributed by atoms with van der Waals surface area (Å²) in [4.78, 5) is 13.9. The van der Waals surface area contributed by atoms with Crippen LogP contribution < -0.4 is 4.74 Å². The fourth-order valence-corrected chi connectivity index (χ4v) is 2.74. The van der Waals surface area contributed by atoms with Gasteiger partial charge in [-0.3, -0.25) is 9.48 Å². The molecule has 0 N–H and O–H groups in total. The Hall–Kier alpha value is -2.53. The van der Waals surface area contributed by atoms with E-state index in [1.165, 1.54) is 0 Å². The van der Waals surface area contributed by atoms with Gasteiger partial charge in [0.15, 0.2) is 6.61 Å². The minimum atomic E-state index is -0.129. The first kappa shape index (κ1) is 17.3. The first-order chi connectivity index (χ1) is 12.1. The lowest BCUT2D eigenvalue weighted by atomic mass is 10.1. The number of halogens is 1. The molecule has 0 radical (unpaired) electrons. The number of aryl methyl sites for hydroxylation is 1. The number of hydrogen-bond donors (Lipinski definition) is 0. The zero-order valence-electron chi connectivity index (χ0n) is 14.3. The van der Waals surface area contributed by atoms with E-state index >= 15 is 0 Å². The van der Waals surface area contributed by atoms with Gasteiger partial charge in [0.2, 0.25) is 0 Å². The van der Waals surface area contributed by atoms with Crippen LogP contribution in [0, 0.1) is 0 Å². The van der Waals surface area contributed by atoms with E-state index in [-0.39, 0.29) is 12.5 Å². The lowest BCUT2D eigenvalue weighted by molar-refractivity contribution is -0.132. The Morgan fingerprint density at radius 1 is 1.24 bits per heavy atom. The molecule has 0 aliphatic heterocycles. The molecule has 0 unspecified atom stereocenters. The van der Waals surface area contributed by atoms with Gasteiger partial charge in [-0.2, -0.15) is 5.10 Å². The SMILES string of the molecule is CCn1cc(Cl)c(CN(C)C(=O)COc2ccc3ccccc3c2)n1. The summed E-state index contributed by atoms with van der Waals surface area (Å²) in [6.45, 7) is 3.05. The standard InChI is InChI=1S/C19H20ClN3O2/c1-3-23-11-17(20)18(21-23)12-22(2)19(24)13-25-16-9-8-14-6-4-5-7-15(14)10-16/h4-11H,3,12-13H2,1-2H3. The normalized spacial score (nSPS) is 10.8. The van der Waals surface area contributed by atoms with Crippen molar-refractivity contribution in [3.8, 4) is 5.75 Å². The molecule has 6 heteroatoms. The van der Waals surface area contributed by atoms with E-state index in [4.69, 9.17) is 16.3 Å². The van der Waals surface area contributed by atoms with Gasteiger partial charge in [-0.15, -0.1) is 0 Å².